The van der Waals surface area contributed by atoms with Crippen LogP contribution < -0.4 is 9.47 Å². The van der Waals surface area contributed by atoms with Crippen LogP contribution in [0.1, 0.15) is 37.2 Å². The fourth-order valence-electron chi connectivity index (χ4n) is 2.71. The maximum Gasteiger partial charge on any atom is 0.179 e. The molecule has 1 aromatic rings. The monoisotopic (exact) mass is 294 g/mol. The Balaban J connectivity index is 1.94. The van der Waals surface area contributed by atoms with Gasteiger partial charge in [0, 0.05) is 19.3 Å². The van der Waals surface area contributed by atoms with Crippen molar-refractivity contribution in [1.82, 2.24) is 0 Å². The molecule has 2 aliphatic rings. The SMILES string of the molecule is O=C1CC(=O)CC(c2cc(Cl)c3c(c2)OCCCO3)C1. The van der Waals surface area contributed by atoms with E-state index < -0.39 is 0 Å². The molecule has 0 spiro atoms. The van der Waals surface area contributed by atoms with Gasteiger partial charge in [0.2, 0.25) is 0 Å². The fraction of sp³-hybridized carbons (Fsp3) is 0.467. The van der Waals surface area contributed by atoms with E-state index in [0.717, 1.165) is 12.0 Å². The predicted octanol–water partition coefficient (Wildman–Crippen LogP) is 2.91. The lowest BCUT2D eigenvalue weighted by atomic mass is 9.82. The van der Waals surface area contributed by atoms with E-state index in [-0.39, 0.29) is 23.9 Å². The molecule has 3 rings (SSSR count). The second kappa shape index (κ2) is 5.44. The van der Waals surface area contributed by atoms with Gasteiger partial charge in [-0.1, -0.05) is 11.6 Å². The summed E-state index contributed by atoms with van der Waals surface area (Å²) in [4.78, 5) is 23.2. The summed E-state index contributed by atoms with van der Waals surface area (Å²) >= 11 is 6.24. The Morgan fingerprint density at radius 1 is 1.05 bits per heavy atom. The molecule has 0 radical (unpaired) electrons. The smallest absolute Gasteiger partial charge is 0.179 e. The number of rotatable bonds is 1. The summed E-state index contributed by atoms with van der Waals surface area (Å²) in [6.45, 7) is 1.15. The molecule has 4 nitrogen and oxygen atoms in total. The molecule has 0 N–H and O–H groups in total. The zero-order valence-electron chi connectivity index (χ0n) is 11.0. The number of halogens is 1. The molecular formula is C15H15ClO4. The normalized spacial score (nSPS) is 19.9. The van der Waals surface area contributed by atoms with Crippen LogP contribution in [0.5, 0.6) is 11.5 Å². The minimum atomic E-state index is -0.0987. The van der Waals surface area contributed by atoms with Crippen molar-refractivity contribution < 1.29 is 19.1 Å². The summed E-state index contributed by atoms with van der Waals surface area (Å²) in [6, 6.07) is 3.63. The number of hydrogen-bond donors (Lipinski definition) is 0. The van der Waals surface area contributed by atoms with Gasteiger partial charge in [0.25, 0.3) is 0 Å². The molecule has 0 amide bonds. The number of benzene rings is 1. The van der Waals surface area contributed by atoms with Crippen molar-refractivity contribution in [3.8, 4) is 11.5 Å². The van der Waals surface area contributed by atoms with E-state index in [4.69, 9.17) is 21.1 Å². The van der Waals surface area contributed by atoms with Crippen molar-refractivity contribution in [3.63, 3.8) is 0 Å². The van der Waals surface area contributed by atoms with Crippen LogP contribution in [0.3, 0.4) is 0 Å². The van der Waals surface area contributed by atoms with E-state index >= 15 is 0 Å². The standard InChI is InChI=1S/C15H15ClO4/c16-13-6-10(9-4-11(17)8-12(18)5-9)7-14-15(13)20-3-1-2-19-14/h6-7,9H,1-5,8H2. The molecule has 5 heteroatoms. The second-order valence-electron chi connectivity index (χ2n) is 5.24. The highest BCUT2D eigenvalue weighted by Gasteiger charge is 2.28. The first-order valence-electron chi connectivity index (χ1n) is 6.76. The van der Waals surface area contributed by atoms with Crippen molar-refractivity contribution in [1.29, 1.82) is 0 Å². The van der Waals surface area contributed by atoms with E-state index in [1.165, 1.54) is 0 Å². The molecule has 0 unspecified atom stereocenters. The number of fused-ring (bicyclic) bond motifs is 1. The topological polar surface area (TPSA) is 52.6 Å². The van der Waals surface area contributed by atoms with Crippen LogP contribution in [-0.2, 0) is 9.59 Å². The van der Waals surface area contributed by atoms with E-state index in [2.05, 4.69) is 0 Å². The molecule has 1 heterocycles. The third-order valence-electron chi connectivity index (χ3n) is 3.64. The Morgan fingerprint density at radius 3 is 2.50 bits per heavy atom. The Hall–Kier alpha value is -1.55. The van der Waals surface area contributed by atoms with Gasteiger partial charge in [0.15, 0.2) is 11.5 Å². The molecule has 0 bridgehead atoms. The van der Waals surface area contributed by atoms with Gasteiger partial charge in [-0.25, -0.2) is 0 Å². The highest BCUT2D eigenvalue weighted by molar-refractivity contribution is 6.32. The van der Waals surface area contributed by atoms with Gasteiger partial charge >= 0.3 is 0 Å². The summed E-state index contributed by atoms with van der Waals surface area (Å²) in [5, 5.41) is 0.477. The van der Waals surface area contributed by atoms with Crippen molar-refractivity contribution in [2.75, 3.05) is 13.2 Å². The van der Waals surface area contributed by atoms with Gasteiger partial charge in [-0.15, -0.1) is 0 Å². The average Bonchev–Trinajstić information content (AvgIpc) is 2.63. The lowest BCUT2D eigenvalue weighted by Crippen LogP contribution is -2.21. The minimum Gasteiger partial charge on any atom is -0.489 e. The largest absolute Gasteiger partial charge is 0.489 e. The van der Waals surface area contributed by atoms with E-state index in [1.54, 1.807) is 6.07 Å². The zero-order valence-corrected chi connectivity index (χ0v) is 11.7. The Labute approximate surface area is 122 Å². The van der Waals surface area contributed by atoms with Crippen molar-refractivity contribution >= 4 is 23.2 Å². The molecule has 106 valence electrons. The molecular weight excluding hydrogens is 280 g/mol. The van der Waals surface area contributed by atoms with Crippen LogP contribution >= 0.6 is 11.6 Å². The summed E-state index contributed by atoms with van der Waals surface area (Å²) in [6.07, 6.45) is 1.65. The summed E-state index contributed by atoms with van der Waals surface area (Å²) < 4.78 is 11.2. The van der Waals surface area contributed by atoms with Gasteiger partial charge in [-0.05, 0) is 23.6 Å². The van der Waals surface area contributed by atoms with Crippen LogP contribution in [0.4, 0.5) is 0 Å². The molecule has 0 saturated heterocycles. The van der Waals surface area contributed by atoms with Crippen LogP contribution in [0, 0.1) is 0 Å². The molecule has 1 aromatic carbocycles. The van der Waals surface area contributed by atoms with Crippen molar-refractivity contribution in [2.24, 2.45) is 0 Å². The van der Waals surface area contributed by atoms with Gasteiger partial charge in [0.05, 0.1) is 24.7 Å². The van der Waals surface area contributed by atoms with Gasteiger partial charge in [-0.3, -0.25) is 9.59 Å². The molecule has 0 aromatic heterocycles. The minimum absolute atomic E-state index is 0.00511. The number of carbonyl (C=O) groups is 2. The van der Waals surface area contributed by atoms with Crippen molar-refractivity contribution in [2.45, 2.75) is 31.6 Å². The number of ketones is 2. The van der Waals surface area contributed by atoms with Gasteiger partial charge in [-0.2, -0.15) is 0 Å². The lowest BCUT2D eigenvalue weighted by molar-refractivity contribution is -0.130. The van der Waals surface area contributed by atoms with E-state index in [9.17, 15) is 9.59 Å². The average molecular weight is 295 g/mol. The predicted molar refractivity (Wildman–Crippen MR) is 73.7 cm³/mol. The molecule has 20 heavy (non-hydrogen) atoms. The molecule has 1 aliphatic heterocycles. The fourth-order valence-corrected chi connectivity index (χ4v) is 2.98. The molecule has 1 aliphatic carbocycles. The Kier molecular flexibility index (Phi) is 3.66. The van der Waals surface area contributed by atoms with Crippen LogP contribution in [0.15, 0.2) is 12.1 Å². The first kappa shape index (κ1) is 13.4. The maximum atomic E-state index is 11.6. The number of ether oxygens (including phenoxy) is 2. The summed E-state index contributed by atoms with van der Waals surface area (Å²) in [7, 11) is 0. The van der Waals surface area contributed by atoms with Crippen LogP contribution in [0.25, 0.3) is 0 Å². The summed E-state index contributed by atoms with van der Waals surface area (Å²) in [5.41, 5.74) is 0.876. The number of carbonyl (C=O) groups excluding carboxylic acids is 2. The van der Waals surface area contributed by atoms with Crippen molar-refractivity contribution in [3.05, 3.63) is 22.7 Å². The van der Waals surface area contributed by atoms with Gasteiger partial charge in [0.1, 0.15) is 11.6 Å². The lowest BCUT2D eigenvalue weighted by Gasteiger charge is -2.22. The van der Waals surface area contributed by atoms with E-state index in [0.29, 0.717) is 42.6 Å². The third-order valence-corrected chi connectivity index (χ3v) is 3.92. The third kappa shape index (κ3) is 2.66. The Bertz CT molecular complexity index is 551. The first-order chi connectivity index (χ1) is 9.63. The Morgan fingerprint density at radius 2 is 1.75 bits per heavy atom. The molecule has 1 saturated carbocycles. The summed E-state index contributed by atoms with van der Waals surface area (Å²) in [5.74, 6) is 1.05. The highest BCUT2D eigenvalue weighted by atomic mass is 35.5. The molecule has 0 atom stereocenters. The second-order valence-corrected chi connectivity index (χ2v) is 5.65. The molecule has 1 fully saturated rings. The highest BCUT2D eigenvalue weighted by Crippen LogP contribution is 2.41. The quantitative estimate of drug-likeness (QED) is 0.747. The number of Topliss-reactive ketones (excluding diaryl/α,β-unsaturated/α-hetero) is 2. The van der Waals surface area contributed by atoms with Gasteiger partial charge < -0.3 is 9.47 Å². The van der Waals surface area contributed by atoms with E-state index in [1.807, 2.05) is 6.07 Å². The first-order valence-corrected chi connectivity index (χ1v) is 7.13. The number of hydrogen-bond acceptors (Lipinski definition) is 4. The van der Waals surface area contributed by atoms with Crippen LogP contribution in [0.2, 0.25) is 5.02 Å². The zero-order chi connectivity index (χ0) is 14.1. The maximum absolute atomic E-state index is 11.6. The van der Waals surface area contributed by atoms with Crippen LogP contribution in [-0.4, -0.2) is 24.8 Å².